The fraction of sp³-hybridized carbons (Fsp3) is 0.571. The summed E-state index contributed by atoms with van der Waals surface area (Å²) in [6, 6.07) is 0. The quantitative estimate of drug-likeness (QED) is 0.462. The van der Waals surface area contributed by atoms with E-state index in [1.165, 1.54) is 0 Å². The summed E-state index contributed by atoms with van der Waals surface area (Å²) in [5.74, 6) is 0.707. The average Bonchev–Trinajstić information content (AvgIpc) is 2.33. The predicted octanol–water partition coefficient (Wildman–Crippen LogP) is 0.606. The van der Waals surface area contributed by atoms with E-state index in [1.54, 1.807) is 0 Å². The van der Waals surface area contributed by atoms with E-state index in [9.17, 15) is 4.79 Å². The van der Waals surface area contributed by atoms with Crippen molar-refractivity contribution in [2.45, 2.75) is 18.9 Å². The summed E-state index contributed by atoms with van der Waals surface area (Å²) in [6.07, 6.45) is 2.92. The van der Waals surface area contributed by atoms with E-state index in [2.05, 4.69) is 0 Å². The van der Waals surface area contributed by atoms with Gasteiger partial charge in [0.2, 0.25) is 0 Å². The maximum Gasteiger partial charge on any atom is 0.310 e. The molecule has 0 aromatic heterocycles. The van der Waals surface area contributed by atoms with Crippen molar-refractivity contribution in [3.63, 3.8) is 0 Å². The molecule has 0 bridgehead atoms. The molecule has 0 saturated carbocycles. The topological polar surface area (TPSA) is 35.5 Å². The largest absolute Gasteiger partial charge is 0.494 e. The molecule has 2 aliphatic heterocycles. The van der Waals surface area contributed by atoms with Crippen molar-refractivity contribution < 1.29 is 14.3 Å². The lowest BCUT2D eigenvalue weighted by Gasteiger charge is -2.15. The summed E-state index contributed by atoms with van der Waals surface area (Å²) in [7, 11) is 0. The second kappa shape index (κ2) is 2.01. The van der Waals surface area contributed by atoms with Crippen LogP contribution in [0.1, 0.15) is 12.8 Å². The molecule has 1 atom stereocenters. The summed E-state index contributed by atoms with van der Waals surface area (Å²) in [4.78, 5) is 10.7. The molecule has 3 heteroatoms. The molecule has 0 N–H and O–H groups in total. The molecular weight excluding hydrogens is 132 g/mol. The van der Waals surface area contributed by atoms with Gasteiger partial charge in [0, 0.05) is 6.42 Å². The van der Waals surface area contributed by atoms with Gasteiger partial charge in [-0.3, -0.25) is 4.79 Å². The maximum absolute atomic E-state index is 10.7. The summed E-state index contributed by atoms with van der Waals surface area (Å²) >= 11 is 0. The minimum Gasteiger partial charge on any atom is -0.494 e. The number of hydrogen-bond donors (Lipinski definition) is 0. The SMILES string of the molecule is O=C1CC=C2OCCC2O1. The fourth-order valence-corrected chi connectivity index (χ4v) is 1.22. The summed E-state index contributed by atoms with van der Waals surface area (Å²) in [5.41, 5.74) is 0. The Morgan fingerprint density at radius 1 is 1.60 bits per heavy atom. The first-order chi connectivity index (χ1) is 4.86. The van der Waals surface area contributed by atoms with Crippen LogP contribution in [0.2, 0.25) is 0 Å². The van der Waals surface area contributed by atoms with E-state index < -0.39 is 0 Å². The van der Waals surface area contributed by atoms with Crippen LogP contribution in [0, 0.1) is 0 Å². The first-order valence-electron chi connectivity index (χ1n) is 3.38. The Morgan fingerprint density at radius 2 is 2.50 bits per heavy atom. The smallest absolute Gasteiger partial charge is 0.310 e. The van der Waals surface area contributed by atoms with Crippen molar-refractivity contribution in [3.8, 4) is 0 Å². The molecule has 0 aromatic carbocycles. The number of esters is 1. The van der Waals surface area contributed by atoms with Crippen LogP contribution >= 0.6 is 0 Å². The van der Waals surface area contributed by atoms with Gasteiger partial charge in [0.15, 0.2) is 6.10 Å². The molecule has 3 nitrogen and oxygen atoms in total. The molecular formula is C7H8O3. The van der Waals surface area contributed by atoms with Gasteiger partial charge >= 0.3 is 5.97 Å². The van der Waals surface area contributed by atoms with Gasteiger partial charge in [-0.15, -0.1) is 0 Å². The Bertz CT molecular complexity index is 195. The van der Waals surface area contributed by atoms with Crippen LogP contribution in [-0.4, -0.2) is 18.7 Å². The third kappa shape index (κ3) is 0.781. The highest BCUT2D eigenvalue weighted by atomic mass is 16.6. The second-order valence-electron chi connectivity index (χ2n) is 2.43. The van der Waals surface area contributed by atoms with E-state index in [-0.39, 0.29) is 12.1 Å². The van der Waals surface area contributed by atoms with Gasteiger partial charge in [0.1, 0.15) is 5.76 Å². The predicted molar refractivity (Wildman–Crippen MR) is 33.1 cm³/mol. The molecule has 0 aromatic rings. The molecule has 2 aliphatic rings. The Balaban J connectivity index is 2.20. The molecule has 0 amide bonds. The van der Waals surface area contributed by atoms with E-state index in [4.69, 9.17) is 9.47 Å². The van der Waals surface area contributed by atoms with Crippen LogP contribution in [-0.2, 0) is 14.3 Å². The number of rotatable bonds is 0. The zero-order valence-electron chi connectivity index (χ0n) is 5.50. The van der Waals surface area contributed by atoms with Crippen LogP contribution in [0.25, 0.3) is 0 Å². The van der Waals surface area contributed by atoms with Gasteiger partial charge in [-0.2, -0.15) is 0 Å². The molecule has 1 unspecified atom stereocenters. The average molecular weight is 140 g/mol. The van der Waals surface area contributed by atoms with Crippen molar-refractivity contribution in [2.24, 2.45) is 0 Å². The van der Waals surface area contributed by atoms with Crippen molar-refractivity contribution in [1.29, 1.82) is 0 Å². The normalized spacial score (nSPS) is 30.2. The van der Waals surface area contributed by atoms with Gasteiger partial charge in [0.05, 0.1) is 13.0 Å². The number of ether oxygens (including phenoxy) is 2. The second-order valence-corrected chi connectivity index (χ2v) is 2.43. The lowest BCUT2D eigenvalue weighted by atomic mass is 10.2. The highest BCUT2D eigenvalue weighted by Crippen LogP contribution is 2.24. The lowest BCUT2D eigenvalue weighted by Crippen LogP contribution is -2.20. The number of fused-ring (bicyclic) bond motifs is 1. The van der Waals surface area contributed by atoms with Crippen LogP contribution in [0.3, 0.4) is 0 Å². The molecule has 54 valence electrons. The minimum atomic E-state index is -0.140. The zero-order valence-corrected chi connectivity index (χ0v) is 5.50. The van der Waals surface area contributed by atoms with Crippen LogP contribution in [0.4, 0.5) is 0 Å². The first kappa shape index (κ1) is 5.77. The van der Waals surface area contributed by atoms with E-state index in [1.807, 2.05) is 6.08 Å². The number of carbonyl (C=O) groups is 1. The highest BCUT2D eigenvalue weighted by molar-refractivity contribution is 5.73. The van der Waals surface area contributed by atoms with E-state index in [0.29, 0.717) is 13.0 Å². The van der Waals surface area contributed by atoms with E-state index in [0.717, 1.165) is 12.2 Å². The molecule has 0 aliphatic carbocycles. The lowest BCUT2D eigenvalue weighted by molar-refractivity contribution is -0.147. The van der Waals surface area contributed by atoms with Gasteiger partial charge in [-0.05, 0) is 6.08 Å². The third-order valence-corrected chi connectivity index (χ3v) is 1.71. The fourth-order valence-electron chi connectivity index (χ4n) is 1.22. The molecule has 0 spiro atoms. The molecule has 2 heterocycles. The summed E-state index contributed by atoms with van der Waals surface area (Å²) in [6.45, 7) is 0.684. The zero-order chi connectivity index (χ0) is 6.97. The number of carbonyl (C=O) groups excluding carboxylic acids is 1. The maximum atomic E-state index is 10.7. The Kier molecular flexibility index (Phi) is 1.16. The molecule has 1 fully saturated rings. The van der Waals surface area contributed by atoms with Gasteiger partial charge in [-0.25, -0.2) is 0 Å². The minimum absolute atomic E-state index is 0.0683. The van der Waals surface area contributed by atoms with Crippen LogP contribution in [0.15, 0.2) is 11.8 Å². The Morgan fingerprint density at radius 3 is 3.40 bits per heavy atom. The van der Waals surface area contributed by atoms with Gasteiger partial charge in [-0.1, -0.05) is 0 Å². The van der Waals surface area contributed by atoms with Crippen LogP contribution < -0.4 is 0 Å². The molecule has 2 rings (SSSR count). The first-order valence-corrected chi connectivity index (χ1v) is 3.38. The van der Waals surface area contributed by atoms with Crippen LogP contribution in [0.5, 0.6) is 0 Å². The molecule has 1 saturated heterocycles. The van der Waals surface area contributed by atoms with Crippen molar-refractivity contribution >= 4 is 5.97 Å². The van der Waals surface area contributed by atoms with E-state index >= 15 is 0 Å². The molecule has 0 radical (unpaired) electrons. The number of hydrogen-bond acceptors (Lipinski definition) is 3. The Labute approximate surface area is 58.6 Å². The van der Waals surface area contributed by atoms with Crippen molar-refractivity contribution in [3.05, 3.63) is 11.8 Å². The van der Waals surface area contributed by atoms with Gasteiger partial charge < -0.3 is 9.47 Å². The monoisotopic (exact) mass is 140 g/mol. The van der Waals surface area contributed by atoms with Gasteiger partial charge in [0.25, 0.3) is 0 Å². The standard InChI is InChI=1S/C7H8O3/c8-7-2-1-5-6(10-7)3-4-9-5/h1,6H,2-4H2. The third-order valence-electron chi connectivity index (χ3n) is 1.71. The summed E-state index contributed by atoms with van der Waals surface area (Å²) in [5, 5.41) is 0. The Hall–Kier alpha value is -0.990. The van der Waals surface area contributed by atoms with Crippen molar-refractivity contribution in [2.75, 3.05) is 6.61 Å². The summed E-state index contributed by atoms with van der Waals surface area (Å²) < 4.78 is 10.2. The highest BCUT2D eigenvalue weighted by Gasteiger charge is 2.29. The molecule has 10 heavy (non-hydrogen) atoms. The van der Waals surface area contributed by atoms with Crippen molar-refractivity contribution in [1.82, 2.24) is 0 Å².